The van der Waals surface area contributed by atoms with E-state index < -0.39 is 13.5 Å². The number of fused-ring (bicyclic) bond motifs is 21. The third-order valence-electron chi connectivity index (χ3n) is 13.7. The van der Waals surface area contributed by atoms with Gasteiger partial charge in [-0.2, -0.15) is 0 Å². The zero-order valence-corrected chi connectivity index (χ0v) is 33.6. The Hall–Kier alpha value is -6.85. The minimum atomic E-state index is -2.81. The van der Waals surface area contributed by atoms with Gasteiger partial charge in [-0.05, 0) is 120 Å². The largest absolute Gasteiger partial charge is 0.456 e. The van der Waals surface area contributed by atoms with Crippen molar-refractivity contribution in [1.29, 1.82) is 0 Å². The van der Waals surface area contributed by atoms with Crippen LogP contribution in [0.25, 0.3) is 44.2 Å². The molecule has 0 saturated heterocycles. The topological polar surface area (TPSA) is 16.4 Å². The second-order valence-corrected chi connectivity index (χ2v) is 21.0. The Morgan fingerprint density at radius 2 is 0.915 bits per heavy atom. The van der Waals surface area contributed by atoms with Gasteiger partial charge >= 0.3 is 0 Å². The molecule has 10 aromatic rings. The highest BCUT2D eigenvalue weighted by atomic mass is 32.2. The van der Waals surface area contributed by atoms with E-state index >= 15 is 0 Å². The zero-order chi connectivity index (χ0) is 38.5. The van der Waals surface area contributed by atoms with Crippen molar-refractivity contribution in [2.75, 3.05) is 4.90 Å². The first-order valence-corrected chi connectivity index (χ1v) is 23.2. The Morgan fingerprint density at radius 1 is 0.390 bits per heavy atom. The normalized spacial score (nSPS) is 16.9. The fourth-order valence-corrected chi connectivity index (χ4v) is 18.4. The number of para-hydroxylation sites is 3. The van der Waals surface area contributed by atoms with E-state index in [1.54, 1.807) is 0 Å². The van der Waals surface area contributed by atoms with Crippen molar-refractivity contribution in [1.82, 2.24) is 0 Å². The van der Waals surface area contributed by atoms with Gasteiger partial charge in [-0.15, -0.1) is 0 Å². The molecule has 2 spiro atoms. The summed E-state index contributed by atoms with van der Waals surface area (Å²) in [6.07, 6.45) is 0. The van der Waals surface area contributed by atoms with Crippen molar-refractivity contribution in [3.05, 3.63) is 222 Å². The molecule has 0 aliphatic carbocycles. The molecule has 1 atom stereocenters. The highest BCUT2D eigenvalue weighted by Gasteiger charge is 2.55. The average molecular weight is 784 g/mol. The first-order valence-electron chi connectivity index (χ1n) is 20.4. The summed E-state index contributed by atoms with van der Waals surface area (Å²) in [6.45, 7) is 0. The van der Waals surface area contributed by atoms with Crippen LogP contribution in [-0.4, -0.2) is 8.07 Å². The number of benzene rings is 9. The van der Waals surface area contributed by atoms with Crippen LogP contribution in [-0.2, 0) is 5.41 Å². The van der Waals surface area contributed by atoms with Crippen molar-refractivity contribution in [3.63, 3.8) is 0 Å². The van der Waals surface area contributed by atoms with Crippen LogP contribution < -0.4 is 25.6 Å². The molecule has 4 heteroatoms. The van der Waals surface area contributed by atoms with Gasteiger partial charge in [0.25, 0.3) is 0 Å². The minimum absolute atomic E-state index is 0.479. The SMILES string of the molecule is c1ccc2c(c1)Sc1ccccc1C21c2ccccc2N(c2ccc3c(c2)[Si]2(c4ccccc4-3)c3ccccc3-c3cc4oc5ccccc5c4cc32)c2ccccc21. The number of furan rings is 1. The summed E-state index contributed by atoms with van der Waals surface area (Å²) in [4.78, 5) is 5.18. The second-order valence-electron chi connectivity index (χ2n) is 16.3. The van der Waals surface area contributed by atoms with E-state index in [9.17, 15) is 0 Å². The molecule has 0 radical (unpaired) electrons. The Kier molecular flexibility index (Phi) is 6.22. The second kappa shape index (κ2) is 11.4. The van der Waals surface area contributed by atoms with Gasteiger partial charge in [0.2, 0.25) is 0 Å². The quantitative estimate of drug-likeness (QED) is 0.154. The molecule has 274 valence electrons. The first-order chi connectivity index (χ1) is 29.3. The average Bonchev–Trinajstić information content (AvgIpc) is 3.91. The summed E-state index contributed by atoms with van der Waals surface area (Å²) < 4.78 is 6.55. The van der Waals surface area contributed by atoms with Crippen LogP contribution in [0.1, 0.15) is 22.3 Å². The molecule has 1 unspecified atom stereocenters. The molecular weight excluding hydrogens is 751 g/mol. The van der Waals surface area contributed by atoms with E-state index in [0.29, 0.717) is 0 Å². The van der Waals surface area contributed by atoms with E-state index in [1.807, 2.05) is 11.8 Å². The van der Waals surface area contributed by atoms with Crippen LogP contribution in [0.4, 0.5) is 17.1 Å². The Labute approximate surface area is 347 Å². The fraction of sp³-hybridized carbons (Fsp3) is 0.0182. The predicted octanol–water partition coefficient (Wildman–Crippen LogP) is 11.6. The monoisotopic (exact) mass is 783 g/mol. The molecule has 2 nitrogen and oxygen atoms in total. The lowest BCUT2D eigenvalue weighted by Crippen LogP contribution is -2.70. The van der Waals surface area contributed by atoms with Crippen molar-refractivity contribution < 1.29 is 4.42 Å². The van der Waals surface area contributed by atoms with Gasteiger partial charge in [-0.1, -0.05) is 157 Å². The fourth-order valence-electron chi connectivity index (χ4n) is 11.6. The third kappa shape index (κ3) is 3.85. The molecule has 9 aromatic carbocycles. The van der Waals surface area contributed by atoms with Gasteiger partial charge in [-0.3, -0.25) is 0 Å². The maximum atomic E-state index is 6.55. The maximum absolute atomic E-state index is 6.55. The standard InChI is InChI=1S/C55H33NOSSi/c1-10-24-47-35(15-1)39-33-54-40(32-48(39)57-47)37-17-3-14-28-52(37)59(54)51-27-13-2-16-36(51)38-30-29-34(31-53(38)59)56-45-22-8-4-18-41(45)55(42-19-5-9-23-46(42)56)43-20-6-11-25-49(43)58-50-26-12-7-21-44(50)55/h1-33H. The molecule has 4 aliphatic heterocycles. The highest BCUT2D eigenvalue weighted by molar-refractivity contribution is 7.99. The van der Waals surface area contributed by atoms with Gasteiger partial charge in [0.1, 0.15) is 11.2 Å². The molecule has 0 saturated carbocycles. The summed E-state index contributed by atoms with van der Waals surface area (Å²) in [5, 5.41) is 8.20. The molecular formula is C55H33NOSSi. The van der Waals surface area contributed by atoms with Crippen LogP contribution in [0.3, 0.4) is 0 Å². The minimum Gasteiger partial charge on any atom is -0.456 e. The highest BCUT2D eigenvalue weighted by Crippen LogP contribution is 2.62. The zero-order valence-electron chi connectivity index (χ0n) is 31.8. The molecule has 5 heterocycles. The number of anilines is 3. The van der Waals surface area contributed by atoms with E-state index in [0.717, 1.165) is 11.2 Å². The maximum Gasteiger partial charge on any atom is 0.182 e. The first kappa shape index (κ1) is 32.1. The number of nitrogens with zero attached hydrogens (tertiary/aromatic N) is 1. The molecule has 14 rings (SSSR count). The Balaban J connectivity index is 1.07. The number of hydrogen-bond donors (Lipinski definition) is 0. The van der Waals surface area contributed by atoms with Gasteiger partial charge in [0, 0.05) is 26.3 Å². The summed E-state index contributed by atoms with van der Waals surface area (Å²) in [6, 6.07) is 75.6. The van der Waals surface area contributed by atoms with Gasteiger partial charge in [0.15, 0.2) is 8.07 Å². The van der Waals surface area contributed by atoms with Crippen LogP contribution in [0.15, 0.2) is 214 Å². The molecule has 1 aromatic heterocycles. The lowest BCUT2D eigenvalue weighted by molar-refractivity contribution is 0.669. The van der Waals surface area contributed by atoms with Crippen LogP contribution in [0.5, 0.6) is 0 Å². The Morgan fingerprint density at radius 3 is 1.61 bits per heavy atom. The molecule has 0 bridgehead atoms. The van der Waals surface area contributed by atoms with E-state index in [2.05, 4.69) is 205 Å². The van der Waals surface area contributed by atoms with Crippen molar-refractivity contribution in [2.45, 2.75) is 15.2 Å². The van der Waals surface area contributed by atoms with Gasteiger partial charge < -0.3 is 9.32 Å². The summed E-state index contributed by atoms with van der Waals surface area (Å²) >= 11 is 1.89. The number of hydrogen-bond acceptors (Lipinski definition) is 3. The van der Waals surface area contributed by atoms with E-state index in [1.165, 1.54) is 103 Å². The Bertz CT molecular complexity index is 3380. The van der Waals surface area contributed by atoms with Crippen molar-refractivity contribution in [2.24, 2.45) is 0 Å². The van der Waals surface area contributed by atoms with Crippen LogP contribution in [0.2, 0.25) is 0 Å². The lowest BCUT2D eigenvalue weighted by Gasteiger charge is -2.49. The molecule has 0 N–H and O–H groups in total. The summed E-state index contributed by atoms with van der Waals surface area (Å²) in [5.74, 6) is 0. The lowest BCUT2D eigenvalue weighted by atomic mass is 9.62. The van der Waals surface area contributed by atoms with Gasteiger partial charge in [0.05, 0.1) is 16.8 Å². The molecule has 4 aliphatic rings. The smallest absolute Gasteiger partial charge is 0.182 e. The van der Waals surface area contributed by atoms with Crippen LogP contribution in [0, 0.1) is 0 Å². The van der Waals surface area contributed by atoms with Gasteiger partial charge in [-0.25, -0.2) is 0 Å². The molecule has 59 heavy (non-hydrogen) atoms. The summed E-state index contributed by atoms with van der Waals surface area (Å²) in [5.41, 5.74) is 15.7. The van der Waals surface area contributed by atoms with E-state index in [-0.39, 0.29) is 0 Å². The predicted molar refractivity (Wildman–Crippen MR) is 246 cm³/mol. The van der Waals surface area contributed by atoms with Crippen molar-refractivity contribution in [3.8, 4) is 22.3 Å². The van der Waals surface area contributed by atoms with E-state index in [4.69, 9.17) is 4.42 Å². The van der Waals surface area contributed by atoms with Crippen molar-refractivity contribution >= 4 is 79.6 Å². The number of rotatable bonds is 1. The molecule has 0 amide bonds. The van der Waals surface area contributed by atoms with Crippen LogP contribution >= 0.6 is 11.8 Å². The summed E-state index contributed by atoms with van der Waals surface area (Å²) in [7, 11) is -2.81. The third-order valence-corrected chi connectivity index (χ3v) is 19.8. The molecule has 0 fully saturated rings.